The molecular weight excluding hydrogens is 219 g/mol. The zero-order valence-electron chi connectivity index (χ0n) is 5.03. The summed E-state index contributed by atoms with van der Waals surface area (Å²) in [6.07, 6.45) is 0. The SMILES string of the molecule is O=P(O)(O)O.P.P.P.P. The van der Waals surface area contributed by atoms with Crippen LogP contribution in [0.3, 0.4) is 0 Å². The molecule has 3 N–H and O–H groups in total. The van der Waals surface area contributed by atoms with E-state index in [4.69, 9.17) is 19.2 Å². The molecule has 4 nitrogen and oxygen atoms in total. The van der Waals surface area contributed by atoms with Crippen LogP contribution in [0.15, 0.2) is 0 Å². The topological polar surface area (TPSA) is 77.8 Å². The van der Waals surface area contributed by atoms with Gasteiger partial charge in [-0.15, -0.1) is 0 Å². The predicted octanol–water partition coefficient (Wildman–Crippen LogP) is -0.696. The standard InChI is InChI=1S/H3O4P.4H3P/c1-5(2,3)4;;;;/h(H3,1,2,3,4);4*1H3. The fourth-order valence-corrected chi connectivity index (χ4v) is 0. The highest BCUT2D eigenvalue weighted by Crippen LogP contribution is 2.25. The fraction of sp³-hybridized carbons (Fsp3) is 0. The van der Waals surface area contributed by atoms with Crippen LogP contribution in [-0.2, 0) is 4.57 Å². The third-order valence-electron chi connectivity index (χ3n) is 0. The van der Waals surface area contributed by atoms with Crippen molar-refractivity contribution in [1.82, 2.24) is 0 Å². The smallest absolute Gasteiger partial charge is 0.303 e. The highest BCUT2D eigenvalue weighted by molar-refractivity contribution is 7.45. The molecule has 4 unspecified atom stereocenters. The second kappa shape index (κ2) is 12.5. The zero-order valence-corrected chi connectivity index (χ0v) is 11.6. The number of rotatable bonds is 0. The first-order chi connectivity index (χ1) is 2.00. The molecule has 0 aliphatic carbocycles. The van der Waals surface area contributed by atoms with Gasteiger partial charge in [0.15, 0.2) is 0 Å². The summed E-state index contributed by atoms with van der Waals surface area (Å²) >= 11 is 0. The van der Waals surface area contributed by atoms with Gasteiger partial charge in [0.1, 0.15) is 0 Å². The Morgan fingerprint density at radius 2 is 0.778 bits per heavy atom. The van der Waals surface area contributed by atoms with Gasteiger partial charge in [-0.1, -0.05) is 0 Å². The largest absolute Gasteiger partial charge is 0.466 e. The van der Waals surface area contributed by atoms with Crippen LogP contribution in [0.1, 0.15) is 0 Å². The number of hydrogen-bond acceptors (Lipinski definition) is 1. The van der Waals surface area contributed by atoms with E-state index in [1.165, 1.54) is 0 Å². The lowest BCUT2D eigenvalue weighted by Gasteiger charge is -1.82. The highest BCUT2D eigenvalue weighted by atomic mass is 31.2. The van der Waals surface area contributed by atoms with Gasteiger partial charge in [-0.3, -0.25) is 0 Å². The Hall–Kier alpha value is 1.83. The van der Waals surface area contributed by atoms with Crippen LogP contribution in [0.5, 0.6) is 0 Å². The Bertz CT molecular complexity index is 55.1. The van der Waals surface area contributed by atoms with E-state index in [1.54, 1.807) is 0 Å². The molecule has 0 radical (unpaired) electrons. The van der Waals surface area contributed by atoms with Gasteiger partial charge in [-0.25, -0.2) is 4.57 Å². The molecule has 0 aliphatic rings. The van der Waals surface area contributed by atoms with Gasteiger partial charge in [-0.2, -0.15) is 39.6 Å². The summed E-state index contributed by atoms with van der Waals surface area (Å²) in [5, 5.41) is 0. The Labute approximate surface area is 67.3 Å². The second-order valence-electron chi connectivity index (χ2n) is 0.513. The summed E-state index contributed by atoms with van der Waals surface area (Å²) in [6.45, 7) is 0. The first kappa shape index (κ1) is 30.8. The van der Waals surface area contributed by atoms with Crippen molar-refractivity contribution in [2.45, 2.75) is 0 Å². The summed E-state index contributed by atoms with van der Waals surface area (Å²) in [4.78, 5) is 21.6. The van der Waals surface area contributed by atoms with Crippen LogP contribution in [0.25, 0.3) is 0 Å². The van der Waals surface area contributed by atoms with Crippen molar-refractivity contribution >= 4 is 47.4 Å². The first-order valence-electron chi connectivity index (χ1n) is 0.783. The lowest BCUT2D eigenvalue weighted by molar-refractivity contribution is 0.275. The van der Waals surface area contributed by atoms with Crippen molar-refractivity contribution in [3.63, 3.8) is 0 Å². The van der Waals surface area contributed by atoms with Crippen molar-refractivity contribution in [3.8, 4) is 0 Å². The van der Waals surface area contributed by atoms with E-state index < -0.39 is 7.82 Å². The average Bonchev–Trinajstić information content (AvgIpc) is 0.722. The van der Waals surface area contributed by atoms with E-state index in [2.05, 4.69) is 0 Å². The lowest BCUT2D eigenvalue weighted by Crippen LogP contribution is -1.66. The van der Waals surface area contributed by atoms with E-state index in [0.29, 0.717) is 0 Å². The molecule has 9 heteroatoms. The van der Waals surface area contributed by atoms with Gasteiger partial charge in [0.25, 0.3) is 0 Å². The molecule has 0 fully saturated rings. The molecule has 64 valence electrons. The maximum Gasteiger partial charge on any atom is 0.466 e. The fourth-order valence-electron chi connectivity index (χ4n) is 0. The predicted molar refractivity (Wildman–Crippen MR) is 58.7 cm³/mol. The Morgan fingerprint density at radius 3 is 0.778 bits per heavy atom. The molecular formula is H15O4P5. The number of hydrogen-bond donors (Lipinski definition) is 3. The summed E-state index contributed by atoms with van der Waals surface area (Å²) in [7, 11) is -4.64. The van der Waals surface area contributed by atoms with Crippen molar-refractivity contribution in [2.75, 3.05) is 0 Å². The zero-order chi connectivity index (χ0) is 4.50. The van der Waals surface area contributed by atoms with E-state index in [-0.39, 0.29) is 39.6 Å². The van der Waals surface area contributed by atoms with Crippen LogP contribution >= 0.6 is 47.4 Å². The molecule has 0 amide bonds. The molecule has 0 spiro atoms. The van der Waals surface area contributed by atoms with Crippen molar-refractivity contribution in [3.05, 3.63) is 0 Å². The first-order valence-corrected chi connectivity index (χ1v) is 2.35. The molecule has 0 aromatic heterocycles. The minimum atomic E-state index is -4.64. The summed E-state index contributed by atoms with van der Waals surface area (Å²) < 4.78 is 8.88. The third-order valence-corrected chi connectivity index (χ3v) is 0. The van der Waals surface area contributed by atoms with Gasteiger partial charge >= 0.3 is 7.82 Å². The Kier molecular flexibility index (Phi) is 42.8. The van der Waals surface area contributed by atoms with Crippen LogP contribution in [0.4, 0.5) is 0 Å². The normalized spacial score (nSPS) is 6.56. The maximum absolute atomic E-state index is 8.88. The summed E-state index contributed by atoms with van der Waals surface area (Å²) in [6, 6.07) is 0. The monoisotopic (exact) mass is 234 g/mol. The molecule has 4 atom stereocenters. The van der Waals surface area contributed by atoms with Gasteiger partial charge in [0, 0.05) is 0 Å². The average molecular weight is 234 g/mol. The lowest BCUT2D eigenvalue weighted by atomic mass is 15.8. The van der Waals surface area contributed by atoms with Crippen molar-refractivity contribution in [1.29, 1.82) is 0 Å². The minimum Gasteiger partial charge on any atom is -0.303 e. The summed E-state index contributed by atoms with van der Waals surface area (Å²) in [5.41, 5.74) is 0. The van der Waals surface area contributed by atoms with Crippen molar-refractivity contribution < 1.29 is 19.2 Å². The van der Waals surface area contributed by atoms with Gasteiger partial charge in [0.2, 0.25) is 0 Å². The van der Waals surface area contributed by atoms with E-state index in [1.807, 2.05) is 0 Å². The van der Waals surface area contributed by atoms with Crippen LogP contribution < -0.4 is 0 Å². The molecule has 0 aliphatic heterocycles. The Balaban J connectivity index is -0.0000000133. The van der Waals surface area contributed by atoms with Gasteiger partial charge in [0.05, 0.1) is 0 Å². The van der Waals surface area contributed by atoms with Crippen LogP contribution in [0, 0.1) is 0 Å². The maximum atomic E-state index is 8.88. The van der Waals surface area contributed by atoms with Crippen LogP contribution in [0.2, 0.25) is 0 Å². The highest BCUT2D eigenvalue weighted by Gasteiger charge is 2.00. The van der Waals surface area contributed by atoms with Gasteiger partial charge < -0.3 is 14.7 Å². The van der Waals surface area contributed by atoms with Crippen molar-refractivity contribution in [2.24, 2.45) is 0 Å². The Morgan fingerprint density at radius 1 is 0.778 bits per heavy atom. The number of phosphoric acid groups is 1. The quantitative estimate of drug-likeness (QED) is 0.484. The molecule has 0 heterocycles. The van der Waals surface area contributed by atoms with Crippen LogP contribution in [-0.4, -0.2) is 14.7 Å². The molecule has 0 rings (SSSR count). The van der Waals surface area contributed by atoms with E-state index >= 15 is 0 Å². The van der Waals surface area contributed by atoms with Gasteiger partial charge in [-0.05, 0) is 0 Å². The molecule has 0 bridgehead atoms. The molecule has 0 saturated carbocycles. The molecule has 0 aromatic rings. The molecule has 9 heavy (non-hydrogen) atoms. The minimum absolute atomic E-state index is 0. The second-order valence-corrected chi connectivity index (χ2v) is 1.54. The van der Waals surface area contributed by atoms with E-state index in [9.17, 15) is 0 Å². The molecule has 0 aromatic carbocycles. The van der Waals surface area contributed by atoms with E-state index in [0.717, 1.165) is 0 Å². The summed E-state index contributed by atoms with van der Waals surface area (Å²) in [5.74, 6) is 0. The third kappa shape index (κ3) is 180. The molecule has 0 saturated heterocycles.